The van der Waals surface area contributed by atoms with Crippen molar-refractivity contribution >= 4 is 44.8 Å². The van der Waals surface area contributed by atoms with Crippen molar-refractivity contribution in [2.45, 2.75) is 18.7 Å². The molecule has 0 bridgehead atoms. The van der Waals surface area contributed by atoms with Crippen molar-refractivity contribution in [1.29, 1.82) is 0 Å². The molecule has 1 rings (SSSR count). The summed E-state index contributed by atoms with van der Waals surface area (Å²) in [5, 5.41) is 2.87. The van der Waals surface area contributed by atoms with Crippen molar-refractivity contribution in [2.24, 2.45) is 5.41 Å². The number of anilines is 1. The van der Waals surface area contributed by atoms with Crippen LogP contribution in [-0.2, 0) is 14.8 Å². The lowest BCUT2D eigenvalue weighted by atomic mass is 9.95. The summed E-state index contributed by atoms with van der Waals surface area (Å²) >= 11 is 11.8. The molecule has 0 saturated carbocycles. The normalized spacial score (nSPS) is 12.5. The zero-order valence-electron chi connectivity index (χ0n) is 12.3. The molecule has 118 valence electrons. The summed E-state index contributed by atoms with van der Waals surface area (Å²) < 4.78 is 25.3. The van der Waals surface area contributed by atoms with Crippen LogP contribution in [0.25, 0.3) is 0 Å². The van der Waals surface area contributed by atoms with E-state index in [0.29, 0.717) is 0 Å². The molecule has 1 aromatic rings. The minimum atomic E-state index is -3.60. The monoisotopic (exact) mass is 352 g/mol. The first kappa shape index (κ1) is 18.2. The molecule has 1 amide bonds. The molecule has 5 nitrogen and oxygen atoms in total. The number of benzene rings is 1. The highest BCUT2D eigenvalue weighted by Crippen LogP contribution is 2.28. The number of hydrogen-bond acceptors (Lipinski definition) is 3. The summed E-state index contributed by atoms with van der Waals surface area (Å²) in [7, 11) is -0.737. The highest BCUT2D eigenvalue weighted by Gasteiger charge is 2.27. The Balaban J connectivity index is 3.19. The fourth-order valence-electron chi connectivity index (χ4n) is 1.32. The van der Waals surface area contributed by atoms with Gasteiger partial charge >= 0.3 is 0 Å². The summed E-state index contributed by atoms with van der Waals surface area (Å²) in [5.74, 6) is -0.203. The van der Waals surface area contributed by atoms with Crippen molar-refractivity contribution < 1.29 is 13.2 Å². The van der Waals surface area contributed by atoms with Crippen molar-refractivity contribution in [3.63, 3.8) is 0 Å². The van der Waals surface area contributed by atoms with Crippen LogP contribution in [0.4, 0.5) is 5.69 Å². The smallest absolute Gasteiger partial charge is 0.242 e. The van der Waals surface area contributed by atoms with Gasteiger partial charge in [-0.2, -0.15) is 0 Å². The van der Waals surface area contributed by atoms with Gasteiger partial charge in [0.15, 0.2) is 0 Å². The Morgan fingerprint density at radius 3 is 2.38 bits per heavy atom. The zero-order chi connectivity index (χ0) is 16.4. The Morgan fingerprint density at radius 1 is 1.33 bits per heavy atom. The van der Waals surface area contributed by atoms with Gasteiger partial charge in [0.1, 0.15) is 0 Å². The quantitative estimate of drug-likeness (QED) is 0.828. The maximum absolute atomic E-state index is 12.1. The average Bonchev–Trinajstić information content (AvgIpc) is 2.40. The first-order valence-corrected chi connectivity index (χ1v) is 8.47. The van der Waals surface area contributed by atoms with Crippen LogP contribution < -0.4 is 5.32 Å². The largest absolute Gasteiger partial charge is 0.324 e. The summed E-state index contributed by atoms with van der Waals surface area (Å²) in [6.07, 6.45) is 0. The molecule has 0 spiro atoms. The lowest BCUT2D eigenvalue weighted by molar-refractivity contribution is -0.122. The second-order valence-corrected chi connectivity index (χ2v) is 8.23. The van der Waals surface area contributed by atoms with E-state index in [0.717, 1.165) is 4.31 Å². The second-order valence-electron chi connectivity index (χ2n) is 5.40. The number of alkyl halides is 1. The number of nitrogens with one attached hydrogen (secondary N) is 1. The highest BCUT2D eigenvalue weighted by atomic mass is 35.5. The molecular formula is C13H18Cl2N2O3S. The first-order valence-electron chi connectivity index (χ1n) is 6.12. The van der Waals surface area contributed by atoms with Gasteiger partial charge in [-0.25, -0.2) is 12.7 Å². The van der Waals surface area contributed by atoms with E-state index in [1.165, 1.54) is 32.3 Å². The van der Waals surface area contributed by atoms with Crippen LogP contribution in [0.2, 0.25) is 5.02 Å². The SMILES string of the molecule is CN(C)S(=O)(=O)c1ccc(Cl)c(NC(=O)C(C)(C)CCl)c1. The van der Waals surface area contributed by atoms with E-state index in [1.807, 2.05) is 0 Å². The van der Waals surface area contributed by atoms with Crippen LogP contribution in [0, 0.1) is 5.41 Å². The van der Waals surface area contributed by atoms with E-state index in [2.05, 4.69) is 5.32 Å². The van der Waals surface area contributed by atoms with E-state index in [-0.39, 0.29) is 27.4 Å². The maximum Gasteiger partial charge on any atom is 0.242 e. The summed E-state index contributed by atoms with van der Waals surface area (Å²) in [6, 6.07) is 4.15. The number of sulfonamides is 1. The maximum atomic E-state index is 12.1. The number of halogens is 2. The molecule has 0 saturated heterocycles. The van der Waals surface area contributed by atoms with Crippen LogP contribution in [-0.4, -0.2) is 38.6 Å². The van der Waals surface area contributed by atoms with Crippen molar-refractivity contribution in [2.75, 3.05) is 25.3 Å². The van der Waals surface area contributed by atoms with E-state index >= 15 is 0 Å². The number of amides is 1. The minimum Gasteiger partial charge on any atom is -0.324 e. The predicted octanol–water partition coefficient (Wildman–Crippen LogP) is 2.79. The van der Waals surface area contributed by atoms with Gasteiger partial charge in [-0.15, -0.1) is 11.6 Å². The molecule has 21 heavy (non-hydrogen) atoms. The summed E-state index contributed by atoms with van der Waals surface area (Å²) in [5.41, 5.74) is -0.552. The molecule has 1 N–H and O–H groups in total. The number of rotatable bonds is 5. The number of carbonyl (C=O) groups excluding carboxylic acids is 1. The van der Waals surface area contributed by atoms with Crippen molar-refractivity contribution in [3.05, 3.63) is 23.2 Å². The lowest BCUT2D eigenvalue weighted by Gasteiger charge is -2.21. The van der Waals surface area contributed by atoms with Crippen LogP contribution in [0.3, 0.4) is 0 Å². The molecule has 0 heterocycles. The Hall–Kier alpha value is -0.820. The molecule has 0 atom stereocenters. The van der Waals surface area contributed by atoms with Gasteiger partial charge in [-0.3, -0.25) is 4.79 Å². The lowest BCUT2D eigenvalue weighted by Crippen LogP contribution is -2.32. The Kier molecular flexibility index (Phi) is 5.66. The fourth-order valence-corrected chi connectivity index (χ4v) is 2.54. The predicted molar refractivity (Wildman–Crippen MR) is 85.5 cm³/mol. The van der Waals surface area contributed by atoms with Gasteiger partial charge in [-0.05, 0) is 32.0 Å². The first-order chi connectivity index (χ1) is 9.52. The van der Waals surface area contributed by atoms with Gasteiger partial charge in [0, 0.05) is 20.0 Å². The van der Waals surface area contributed by atoms with Gasteiger partial charge < -0.3 is 5.32 Å². The molecule has 8 heteroatoms. The molecule has 0 aliphatic heterocycles. The standard InChI is InChI=1S/C13H18Cl2N2O3S/c1-13(2,8-14)12(18)16-11-7-9(5-6-10(11)15)21(19,20)17(3)4/h5-7H,8H2,1-4H3,(H,16,18). The summed E-state index contributed by atoms with van der Waals surface area (Å²) in [4.78, 5) is 12.1. The van der Waals surface area contributed by atoms with Gasteiger partial charge in [-0.1, -0.05) is 11.6 Å². The van der Waals surface area contributed by atoms with Gasteiger partial charge in [0.2, 0.25) is 15.9 Å². The molecule has 0 aromatic heterocycles. The van der Waals surface area contributed by atoms with E-state index in [4.69, 9.17) is 23.2 Å². The second kappa shape index (κ2) is 6.52. The van der Waals surface area contributed by atoms with Crippen molar-refractivity contribution in [1.82, 2.24) is 4.31 Å². The number of carbonyl (C=O) groups is 1. The Bertz CT molecular complexity index is 643. The van der Waals surface area contributed by atoms with Crippen LogP contribution in [0.1, 0.15) is 13.8 Å². The molecule has 0 radical (unpaired) electrons. The minimum absolute atomic E-state index is 0.0517. The van der Waals surface area contributed by atoms with E-state index in [9.17, 15) is 13.2 Å². The molecular weight excluding hydrogens is 335 g/mol. The Morgan fingerprint density at radius 2 is 1.90 bits per heavy atom. The van der Waals surface area contributed by atoms with E-state index < -0.39 is 15.4 Å². The zero-order valence-corrected chi connectivity index (χ0v) is 14.6. The molecule has 0 aliphatic carbocycles. The highest BCUT2D eigenvalue weighted by molar-refractivity contribution is 7.89. The van der Waals surface area contributed by atoms with Crippen LogP contribution in [0.5, 0.6) is 0 Å². The van der Waals surface area contributed by atoms with Gasteiger partial charge in [0.25, 0.3) is 0 Å². The Labute approximate surface area is 135 Å². The van der Waals surface area contributed by atoms with Crippen molar-refractivity contribution in [3.8, 4) is 0 Å². The average molecular weight is 353 g/mol. The van der Waals surface area contributed by atoms with E-state index in [1.54, 1.807) is 13.8 Å². The van der Waals surface area contributed by atoms with Crippen LogP contribution >= 0.6 is 23.2 Å². The fraction of sp³-hybridized carbons (Fsp3) is 0.462. The third-order valence-corrected chi connectivity index (χ3v) is 5.72. The molecule has 0 fully saturated rings. The van der Waals surface area contributed by atoms with Crippen LogP contribution in [0.15, 0.2) is 23.1 Å². The topological polar surface area (TPSA) is 66.5 Å². The molecule has 0 unspecified atom stereocenters. The third-order valence-electron chi connectivity index (χ3n) is 2.91. The number of nitrogens with zero attached hydrogens (tertiary/aromatic N) is 1. The third kappa shape index (κ3) is 4.10. The number of hydrogen-bond donors (Lipinski definition) is 1. The molecule has 0 aliphatic rings. The summed E-state index contributed by atoms with van der Waals surface area (Å²) in [6.45, 7) is 3.37. The molecule has 1 aromatic carbocycles. The van der Waals surface area contributed by atoms with Gasteiger partial charge in [0.05, 0.1) is 21.0 Å².